The van der Waals surface area contributed by atoms with Crippen molar-refractivity contribution in [2.75, 3.05) is 0 Å². The summed E-state index contributed by atoms with van der Waals surface area (Å²) in [7, 11) is 0. The fourth-order valence-electron chi connectivity index (χ4n) is 6.05. The average molecular weight is 584 g/mol. The molecule has 5 heteroatoms. The molecule has 0 fully saturated rings. The Bertz CT molecular complexity index is 542. The van der Waals surface area contributed by atoms with E-state index >= 15 is 0 Å². The number of aliphatic hydroxyl groups is 3. The lowest BCUT2D eigenvalue weighted by Gasteiger charge is -2.25. The van der Waals surface area contributed by atoms with Crippen LogP contribution in [0, 0.1) is 5.92 Å². The van der Waals surface area contributed by atoms with Gasteiger partial charge in [-0.2, -0.15) is 0 Å². The standard InChI is InChI=1S/C36H73NO4/c1-3-5-7-9-11-13-15-17-19-21-23-25-27-29-32(38)31-34(40)35(36(37)41)33(39)30-28-26-24-22-20-18-16-14-12-10-8-6-4-2/h32-33,35-36,38-39,41H,3-31,37H2,1-2H3. The second kappa shape index (κ2) is 31.0. The summed E-state index contributed by atoms with van der Waals surface area (Å²) in [4.78, 5) is 12.7. The Morgan fingerprint density at radius 3 is 1.10 bits per heavy atom. The van der Waals surface area contributed by atoms with Crippen LogP contribution < -0.4 is 5.73 Å². The van der Waals surface area contributed by atoms with E-state index in [1.807, 2.05) is 0 Å². The van der Waals surface area contributed by atoms with Crippen LogP contribution >= 0.6 is 0 Å². The van der Waals surface area contributed by atoms with Crippen LogP contribution in [0.3, 0.4) is 0 Å². The number of carbonyl (C=O) groups is 1. The Labute approximate surface area is 255 Å². The van der Waals surface area contributed by atoms with Crippen LogP contribution in [0.25, 0.3) is 0 Å². The first-order chi connectivity index (χ1) is 19.9. The molecule has 0 aromatic heterocycles. The molecular weight excluding hydrogens is 510 g/mol. The van der Waals surface area contributed by atoms with Gasteiger partial charge in [-0.3, -0.25) is 4.79 Å². The summed E-state index contributed by atoms with van der Waals surface area (Å²) < 4.78 is 0. The van der Waals surface area contributed by atoms with Gasteiger partial charge in [-0.15, -0.1) is 0 Å². The predicted molar refractivity (Wildman–Crippen MR) is 176 cm³/mol. The minimum Gasteiger partial charge on any atom is -0.393 e. The van der Waals surface area contributed by atoms with E-state index in [0.717, 1.165) is 32.1 Å². The van der Waals surface area contributed by atoms with Crippen LogP contribution in [0.15, 0.2) is 0 Å². The quantitative estimate of drug-likeness (QED) is 0.0455. The molecule has 0 aliphatic heterocycles. The van der Waals surface area contributed by atoms with Gasteiger partial charge in [0.05, 0.1) is 18.1 Å². The van der Waals surface area contributed by atoms with E-state index in [0.29, 0.717) is 12.8 Å². The Balaban J connectivity index is 3.81. The van der Waals surface area contributed by atoms with Crippen LogP contribution in [-0.2, 0) is 4.79 Å². The van der Waals surface area contributed by atoms with Gasteiger partial charge in [-0.25, -0.2) is 0 Å². The van der Waals surface area contributed by atoms with E-state index in [1.165, 1.54) is 135 Å². The molecule has 0 amide bonds. The van der Waals surface area contributed by atoms with E-state index in [1.54, 1.807) is 0 Å². The average Bonchev–Trinajstić information content (AvgIpc) is 2.93. The summed E-state index contributed by atoms with van der Waals surface area (Å²) in [5.41, 5.74) is 5.68. The van der Waals surface area contributed by atoms with Crippen LogP contribution in [-0.4, -0.2) is 39.5 Å². The number of carbonyl (C=O) groups excluding carboxylic acids is 1. The Morgan fingerprint density at radius 2 is 0.780 bits per heavy atom. The van der Waals surface area contributed by atoms with Crippen molar-refractivity contribution in [2.24, 2.45) is 11.7 Å². The third-order valence-electron chi connectivity index (χ3n) is 8.84. The molecule has 0 aromatic carbocycles. The molecule has 0 aliphatic rings. The summed E-state index contributed by atoms with van der Waals surface area (Å²) in [5.74, 6) is -1.32. The lowest BCUT2D eigenvalue weighted by molar-refractivity contribution is -0.133. The minimum absolute atomic E-state index is 0.0349. The topological polar surface area (TPSA) is 104 Å². The molecule has 0 aromatic rings. The second-order valence-electron chi connectivity index (χ2n) is 13.0. The van der Waals surface area contributed by atoms with E-state index in [-0.39, 0.29) is 12.2 Å². The summed E-state index contributed by atoms with van der Waals surface area (Å²) in [6.07, 6.45) is 30.9. The zero-order valence-corrected chi connectivity index (χ0v) is 27.6. The lowest BCUT2D eigenvalue weighted by atomic mass is 9.88. The molecule has 41 heavy (non-hydrogen) atoms. The van der Waals surface area contributed by atoms with Crippen LogP contribution in [0.4, 0.5) is 0 Å². The van der Waals surface area contributed by atoms with E-state index in [9.17, 15) is 20.1 Å². The van der Waals surface area contributed by atoms with E-state index in [4.69, 9.17) is 5.73 Å². The normalized spacial score (nSPS) is 14.7. The third kappa shape index (κ3) is 26.8. The number of aliphatic hydroxyl groups excluding tert-OH is 3. The molecule has 0 rings (SSSR count). The third-order valence-corrected chi connectivity index (χ3v) is 8.84. The maximum Gasteiger partial charge on any atom is 0.145 e. The van der Waals surface area contributed by atoms with Gasteiger partial charge in [-0.05, 0) is 12.8 Å². The maximum atomic E-state index is 12.7. The van der Waals surface area contributed by atoms with Crippen LogP contribution in [0.1, 0.15) is 200 Å². The lowest BCUT2D eigenvalue weighted by Crippen LogP contribution is -2.44. The highest BCUT2D eigenvalue weighted by molar-refractivity contribution is 5.82. The highest BCUT2D eigenvalue weighted by Gasteiger charge is 2.32. The molecule has 0 spiro atoms. The smallest absolute Gasteiger partial charge is 0.145 e. The highest BCUT2D eigenvalue weighted by atomic mass is 16.3. The van der Waals surface area contributed by atoms with Crippen molar-refractivity contribution in [3.8, 4) is 0 Å². The highest BCUT2D eigenvalue weighted by Crippen LogP contribution is 2.20. The van der Waals surface area contributed by atoms with Gasteiger partial charge in [0, 0.05) is 6.42 Å². The Morgan fingerprint density at radius 1 is 0.488 bits per heavy atom. The van der Waals surface area contributed by atoms with Crippen molar-refractivity contribution < 1.29 is 20.1 Å². The molecule has 246 valence electrons. The van der Waals surface area contributed by atoms with Crippen molar-refractivity contribution in [2.45, 2.75) is 218 Å². The molecule has 0 saturated heterocycles. The minimum atomic E-state index is -1.39. The first kappa shape index (κ1) is 40.5. The first-order valence-electron chi connectivity index (χ1n) is 18.3. The molecule has 0 heterocycles. The van der Waals surface area contributed by atoms with Crippen molar-refractivity contribution in [3.63, 3.8) is 0 Å². The summed E-state index contributed by atoms with van der Waals surface area (Å²) in [5, 5.41) is 31.0. The number of ketones is 1. The van der Waals surface area contributed by atoms with Crippen molar-refractivity contribution in [1.29, 1.82) is 0 Å². The van der Waals surface area contributed by atoms with Gasteiger partial charge >= 0.3 is 0 Å². The zero-order valence-electron chi connectivity index (χ0n) is 27.6. The molecule has 4 unspecified atom stereocenters. The van der Waals surface area contributed by atoms with Crippen molar-refractivity contribution in [3.05, 3.63) is 0 Å². The number of nitrogens with two attached hydrogens (primary N) is 1. The van der Waals surface area contributed by atoms with Gasteiger partial charge in [0.15, 0.2) is 0 Å². The van der Waals surface area contributed by atoms with Crippen LogP contribution in [0.2, 0.25) is 0 Å². The fourth-order valence-corrected chi connectivity index (χ4v) is 6.05. The summed E-state index contributed by atoms with van der Waals surface area (Å²) >= 11 is 0. The van der Waals surface area contributed by atoms with Crippen molar-refractivity contribution in [1.82, 2.24) is 0 Å². The molecule has 0 aliphatic carbocycles. The van der Waals surface area contributed by atoms with Gasteiger partial charge in [0.2, 0.25) is 0 Å². The van der Waals surface area contributed by atoms with Crippen LogP contribution in [0.5, 0.6) is 0 Å². The summed E-state index contributed by atoms with van der Waals surface area (Å²) in [6.45, 7) is 4.52. The first-order valence-corrected chi connectivity index (χ1v) is 18.3. The zero-order chi connectivity index (χ0) is 30.4. The largest absolute Gasteiger partial charge is 0.393 e. The molecule has 5 N–H and O–H groups in total. The van der Waals surface area contributed by atoms with Gasteiger partial charge in [0.1, 0.15) is 12.0 Å². The number of rotatable bonds is 33. The number of unbranched alkanes of at least 4 members (excludes halogenated alkanes) is 24. The summed E-state index contributed by atoms with van der Waals surface area (Å²) in [6, 6.07) is 0. The monoisotopic (exact) mass is 584 g/mol. The van der Waals surface area contributed by atoms with E-state index in [2.05, 4.69) is 13.8 Å². The molecule has 0 radical (unpaired) electrons. The maximum absolute atomic E-state index is 12.7. The SMILES string of the molecule is CCCCCCCCCCCCCCCC(O)CC(=O)C(C(N)O)C(O)CCCCCCCCCCCCCCC. The number of hydrogen-bond donors (Lipinski definition) is 4. The van der Waals surface area contributed by atoms with E-state index < -0.39 is 24.4 Å². The predicted octanol–water partition coefficient (Wildman–Crippen LogP) is 9.52. The fraction of sp³-hybridized carbons (Fsp3) is 0.972. The van der Waals surface area contributed by atoms with Crippen molar-refractivity contribution >= 4 is 5.78 Å². The molecule has 0 saturated carbocycles. The van der Waals surface area contributed by atoms with Gasteiger partial charge in [0.25, 0.3) is 0 Å². The molecule has 4 atom stereocenters. The molecule has 5 nitrogen and oxygen atoms in total. The Kier molecular flexibility index (Phi) is 30.6. The number of Topliss-reactive ketones (excluding diaryl/α,β-unsaturated/α-hetero) is 1. The Hall–Kier alpha value is -0.490. The number of hydrogen-bond acceptors (Lipinski definition) is 5. The van der Waals surface area contributed by atoms with Gasteiger partial charge < -0.3 is 21.1 Å². The molecular formula is C36H73NO4. The second-order valence-corrected chi connectivity index (χ2v) is 13.0. The molecule has 0 bridgehead atoms. The van der Waals surface area contributed by atoms with Gasteiger partial charge in [-0.1, -0.05) is 181 Å².